The second-order valence-electron chi connectivity index (χ2n) is 11.7. The van der Waals surface area contributed by atoms with Gasteiger partial charge in [0.25, 0.3) is 5.91 Å². The zero-order chi connectivity index (χ0) is 32.3. The van der Waals surface area contributed by atoms with E-state index < -0.39 is 17.9 Å². The van der Waals surface area contributed by atoms with E-state index in [0.29, 0.717) is 36.0 Å². The first-order valence-electron chi connectivity index (χ1n) is 15.8. The lowest BCUT2D eigenvalue weighted by atomic mass is 9.82. The number of thioether (sulfide) groups is 1. The SMILES string of the molecule is COC(=O)C(CCSC)NC(=O)c1ccc(-c2ccc(NC(Cc3cncn3Cc3ccc(C#N)cc3)C3CCCCC3)cc2)o1. The van der Waals surface area contributed by atoms with Crippen LogP contribution in [0.3, 0.4) is 0 Å². The number of benzene rings is 2. The summed E-state index contributed by atoms with van der Waals surface area (Å²) < 4.78 is 12.9. The zero-order valence-corrected chi connectivity index (χ0v) is 27.2. The van der Waals surface area contributed by atoms with Crippen LogP contribution in [0.15, 0.2) is 77.6 Å². The van der Waals surface area contributed by atoms with Gasteiger partial charge in [-0.1, -0.05) is 31.4 Å². The maximum absolute atomic E-state index is 12.8. The normalized spacial score (nSPS) is 14.6. The van der Waals surface area contributed by atoms with Crippen molar-refractivity contribution in [2.24, 2.45) is 5.92 Å². The highest BCUT2D eigenvalue weighted by Crippen LogP contribution is 2.31. The van der Waals surface area contributed by atoms with E-state index >= 15 is 0 Å². The Morgan fingerprint density at radius 3 is 2.54 bits per heavy atom. The summed E-state index contributed by atoms with van der Waals surface area (Å²) in [4.78, 5) is 29.4. The van der Waals surface area contributed by atoms with Crippen LogP contribution < -0.4 is 10.6 Å². The zero-order valence-electron chi connectivity index (χ0n) is 26.4. The number of nitrogens with zero attached hydrogens (tertiary/aromatic N) is 3. The summed E-state index contributed by atoms with van der Waals surface area (Å²) in [5, 5.41) is 15.7. The fourth-order valence-corrected chi connectivity index (χ4v) is 6.53. The van der Waals surface area contributed by atoms with Crippen molar-refractivity contribution in [3.63, 3.8) is 0 Å². The van der Waals surface area contributed by atoms with Crippen molar-refractivity contribution in [2.45, 2.75) is 63.6 Å². The number of methoxy groups -OCH3 is 1. The van der Waals surface area contributed by atoms with Crippen LogP contribution in [0.1, 0.15) is 65.9 Å². The van der Waals surface area contributed by atoms with Gasteiger partial charge in [-0.3, -0.25) is 4.79 Å². The number of hydrogen-bond acceptors (Lipinski definition) is 8. The van der Waals surface area contributed by atoms with Crippen molar-refractivity contribution < 1.29 is 18.7 Å². The second-order valence-corrected chi connectivity index (χ2v) is 12.7. The van der Waals surface area contributed by atoms with Crippen molar-refractivity contribution in [2.75, 3.05) is 24.4 Å². The lowest BCUT2D eigenvalue weighted by Crippen LogP contribution is -2.41. The summed E-state index contributed by atoms with van der Waals surface area (Å²) in [6, 6.07) is 20.9. The number of nitrogens with one attached hydrogen (secondary N) is 2. The predicted octanol–water partition coefficient (Wildman–Crippen LogP) is 6.69. The van der Waals surface area contributed by atoms with Crippen LogP contribution in [0, 0.1) is 17.2 Å². The van der Waals surface area contributed by atoms with Crippen LogP contribution in [-0.2, 0) is 22.5 Å². The molecule has 0 spiro atoms. The molecule has 2 atom stereocenters. The predicted molar refractivity (Wildman–Crippen MR) is 181 cm³/mol. The number of amides is 1. The Balaban J connectivity index is 1.26. The van der Waals surface area contributed by atoms with E-state index in [2.05, 4.69) is 38.4 Å². The maximum Gasteiger partial charge on any atom is 0.328 e. The van der Waals surface area contributed by atoms with Gasteiger partial charge in [0, 0.05) is 42.1 Å². The van der Waals surface area contributed by atoms with Gasteiger partial charge in [0.2, 0.25) is 0 Å². The van der Waals surface area contributed by atoms with Crippen LogP contribution >= 0.6 is 11.8 Å². The van der Waals surface area contributed by atoms with Crippen molar-refractivity contribution in [1.82, 2.24) is 14.9 Å². The monoisotopic (exact) mass is 639 g/mol. The van der Waals surface area contributed by atoms with Gasteiger partial charge in [-0.2, -0.15) is 17.0 Å². The summed E-state index contributed by atoms with van der Waals surface area (Å²) in [5.74, 6) is 1.07. The molecule has 2 unspecified atom stereocenters. The highest BCUT2D eigenvalue weighted by molar-refractivity contribution is 7.98. The molecule has 0 bridgehead atoms. The molecule has 1 fully saturated rings. The topological polar surface area (TPSA) is 122 Å². The van der Waals surface area contributed by atoms with Crippen LogP contribution in [-0.4, -0.2) is 52.6 Å². The highest BCUT2D eigenvalue weighted by atomic mass is 32.2. The van der Waals surface area contributed by atoms with Crippen LogP contribution in [0.25, 0.3) is 11.3 Å². The smallest absolute Gasteiger partial charge is 0.328 e. The number of aromatic nitrogens is 2. The average molecular weight is 640 g/mol. The lowest BCUT2D eigenvalue weighted by molar-refractivity contribution is -0.142. The third kappa shape index (κ3) is 8.61. The summed E-state index contributed by atoms with van der Waals surface area (Å²) in [7, 11) is 1.32. The van der Waals surface area contributed by atoms with Gasteiger partial charge in [-0.15, -0.1) is 0 Å². The summed E-state index contributed by atoms with van der Waals surface area (Å²) >= 11 is 1.60. The molecule has 5 rings (SSSR count). The van der Waals surface area contributed by atoms with E-state index in [1.807, 2.05) is 55.2 Å². The molecule has 46 heavy (non-hydrogen) atoms. The minimum Gasteiger partial charge on any atom is -0.467 e. The van der Waals surface area contributed by atoms with E-state index in [9.17, 15) is 9.59 Å². The van der Waals surface area contributed by atoms with E-state index in [4.69, 9.17) is 14.4 Å². The van der Waals surface area contributed by atoms with Crippen LogP contribution in [0.5, 0.6) is 0 Å². The largest absolute Gasteiger partial charge is 0.467 e. The van der Waals surface area contributed by atoms with E-state index in [1.165, 1.54) is 44.9 Å². The Morgan fingerprint density at radius 1 is 1.09 bits per heavy atom. The molecular weight excluding hydrogens is 598 g/mol. The molecule has 2 heterocycles. The maximum atomic E-state index is 12.8. The number of ether oxygens (including phenoxy) is 1. The molecule has 240 valence electrons. The fraction of sp³-hybridized carbons (Fsp3) is 0.389. The number of anilines is 1. The molecular formula is C36H41N5O4S. The van der Waals surface area contributed by atoms with Crippen molar-refractivity contribution in [3.05, 3.63) is 95.8 Å². The molecule has 0 radical (unpaired) electrons. The number of carbonyl (C=O) groups excluding carboxylic acids is 2. The van der Waals surface area contributed by atoms with E-state index in [0.717, 1.165) is 23.2 Å². The molecule has 0 saturated heterocycles. The molecule has 1 amide bonds. The quantitative estimate of drug-likeness (QED) is 0.146. The van der Waals surface area contributed by atoms with Crippen molar-refractivity contribution in [1.29, 1.82) is 5.26 Å². The Bertz CT molecular complexity index is 1620. The highest BCUT2D eigenvalue weighted by Gasteiger charge is 2.26. The number of imidazole rings is 1. The molecule has 10 heteroatoms. The number of hydrogen-bond donors (Lipinski definition) is 2. The molecule has 9 nitrogen and oxygen atoms in total. The first kappa shape index (κ1) is 32.9. The molecule has 2 N–H and O–H groups in total. The van der Waals surface area contributed by atoms with E-state index in [-0.39, 0.29) is 11.8 Å². The van der Waals surface area contributed by atoms with Crippen molar-refractivity contribution in [3.8, 4) is 17.4 Å². The third-order valence-corrected chi connectivity index (χ3v) is 9.28. The first-order chi connectivity index (χ1) is 22.5. The molecule has 4 aromatic rings. The van der Waals surface area contributed by atoms with Gasteiger partial charge in [0.15, 0.2) is 5.76 Å². The first-order valence-corrected chi connectivity index (χ1v) is 17.2. The fourth-order valence-electron chi connectivity index (χ4n) is 6.06. The lowest BCUT2D eigenvalue weighted by Gasteiger charge is -2.32. The molecule has 0 aliphatic heterocycles. The van der Waals surface area contributed by atoms with Gasteiger partial charge in [-0.05, 0) is 91.3 Å². The van der Waals surface area contributed by atoms with E-state index in [1.54, 1.807) is 23.9 Å². The minimum atomic E-state index is -0.726. The number of carbonyl (C=O) groups is 2. The van der Waals surface area contributed by atoms with Crippen LogP contribution in [0.4, 0.5) is 5.69 Å². The summed E-state index contributed by atoms with van der Waals surface area (Å²) in [6.07, 6.45) is 13.3. The van der Waals surface area contributed by atoms with Crippen LogP contribution in [0.2, 0.25) is 0 Å². The van der Waals surface area contributed by atoms with Gasteiger partial charge >= 0.3 is 5.97 Å². The Labute approximate surface area is 274 Å². The second kappa shape index (κ2) is 16.2. The summed E-state index contributed by atoms with van der Waals surface area (Å²) in [6.45, 7) is 0.706. The summed E-state index contributed by atoms with van der Waals surface area (Å²) in [5.41, 5.74) is 4.84. The Hall–Kier alpha value is -4.49. The molecule has 2 aromatic carbocycles. The Kier molecular flexibility index (Phi) is 11.6. The van der Waals surface area contributed by atoms with Gasteiger partial charge in [0.1, 0.15) is 11.8 Å². The molecule has 1 saturated carbocycles. The minimum absolute atomic E-state index is 0.144. The van der Waals surface area contributed by atoms with Gasteiger partial charge < -0.3 is 24.4 Å². The number of rotatable bonds is 14. The Morgan fingerprint density at radius 2 is 1.85 bits per heavy atom. The van der Waals surface area contributed by atoms with Crippen molar-refractivity contribution >= 4 is 29.3 Å². The number of esters is 1. The molecule has 1 aliphatic rings. The third-order valence-electron chi connectivity index (χ3n) is 8.64. The number of nitriles is 1. The standard InChI is InChI=1S/C36H41N5O4S/c1-44-36(43)31(18-19-46-2)40-35(42)34-17-16-33(45-34)28-12-14-29(15-13-28)39-32(27-6-4-3-5-7-27)20-30-22-38-24-41(30)23-26-10-8-25(21-37)9-11-26/h8-17,22,24,27,31-32,39H,3-7,18-20,23H2,1-2H3,(H,40,42). The molecule has 1 aliphatic carbocycles. The average Bonchev–Trinajstić information content (AvgIpc) is 3.77. The molecule has 2 aromatic heterocycles. The number of furan rings is 1. The van der Waals surface area contributed by atoms with Gasteiger partial charge in [0.05, 0.1) is 25.1 Å². The van der Waals surface area contributed by atoms with Gasteiger partial charge in [-0.25, -0.2) is 9.78 Å².